The van der Waals surface area contributed by atoms with Crippen LogP contribution in [0.1, 0.15) is 43.0 Å². The van der Waals surface area contributed by atoms with E-state index >= 15 is 0 Å². The standard InChI is InChI=1S/C17H26N2O2/c1-3-11-18-15-7-5-4-6-14(15)16(20)19-13-17(8-9-17)10-12-21-2/h4-7,18H,3,8-13H2,1-2H3,(H,19,20). The molecule has 1 aromatic carbocycles. The van der Waals surface area contributed by atoms with Gasteiger partial charge in [-0.3, -0.25) is 4.79 Å². The van der Waals surface area contributed by atoms with E-state index in [4.69, 9.17) is 4.74 Å². The fourth-order valence-electron chi connectivity index (χ4n) is 2.47. The van der Waals surface area contributed by atoms with Gasteiger partial charge >= 0.3 is 0 Å². The molecule has 0 aromatic heterocycles. The van der Waals surface area contributed by atoms with Crippen molar-refractivity contribution in [3.63, 3.8) is 0 Å². The Hall–Kier alpha value is -1.55. The van der Waals surface area contributed by atoms with E-state index in [0.717, 1.165) is 43.8 Å². The molecule has 0 aliphatic heterocycles. The van der Waals surface area contributed by atoms with Crippen LogP contribution in [0, 0.1) is 5.41 Å². The van der Waals surface area contributed by atoms with Crippen LogP contribution in [0.15, 0.2) is 24.3 Å². The maximum absolute atomic E-state index is 12.4. The van der Waals surface area contributed by atoms with Gasteiger partial charge < -0.3 is 15.4 Å². The fourth-order valence-corrected chi connectivity index (χ4v) is 2.47. The lowest BCUT2D eigenvalue weighted by molar-refractivity contribution is 0.0938. The minimum Gasteiger partial charge on any atom is -0.385 e. The number of benzene rings is 1. The zero-order valence-corrected chi connectivity index (χ0v) is 13.1. The van der Waals surface area contributed by atoms with Gasteiger partial charge in [-0.15, -0.1) is 0 Å². The Labute approximate surface area is 127 Å². The Bertz CT molecular complexity index is 470. The molecule has 0 saturated heterocycles. The molecule has 116 valence electrons. The van der Waals surface area contributed by atoms with E-state index < -0.39 is 0 Å². The molecule has 1 saturated carbocycles. The summed E-state index contributed by atoms with van der Waals surface area (Å²) in [5.74, 6) is 0.0119. The first-order valence-electron chi connectivity index (χ1n) is 7.81. The molecule has 4 nitrogen and oxygen atoms in total. The Morgan fingerprint density at radius 2 is 2.10 bits per heavy atom. The fraction of sp³-hybridized carbons (Fsp3) is 0.588. The van der Waals surface area contributed by atoms with Crippen LogP contribution in [0.3, 0.4) is 0 Å². The van der Waals surface area contributed by atoms with Gasteiger partial charge in [0.05, 0.1) is 5.56 Å². The highest BCUT2D eigenvalue weighted by Crippen LogP contribution is 2.48. The monoisotopic (exact) mass is 290 g/mol. The number of para-hydroxylation sites is 1. The van der Waals surface area contributed by atoms with Crippen molar-refractivity contribution >= 4 is 11.6 Å². The van der Waals surface area contributed by atoms with Gasteiger partial charge in [0.1, 0.15) is 0 Å². The van der Waals surface area contributed by atoms with E-state index in [1.807, 2.05) is 24.3 Å². The number of hydrogen-bond donors (Lipinski definition) is 2. The normalized spacial score (nSPS) is 15.5. The molecule has 1 aliphatic rings. The van der Waals surface area contributed by atoms with E-state index in [9.17, 15) is 4.79 Å². The Balaban J connectivity index is 1.91. The molecule has 0 unspecified atom stereocenters. The molecule has 0 radical (unpaired) electrons. The van der Waals surface area contributed by atoms with Crippen molar-refractivity contribution in [3.8, 4) is 0 Å². The van der Waals surface area contributed by atoms with Crippen molar-refractivity contribution in [1.82, 2.24) is 5.32 Å². The van der Waals surface area contributed by atoms with Gasteiger partial charge in [0.25, 0.3) is 5.91 Å². The maximum atomic E-state index is 12.4. The van der Waals surface area contributed by atoms with Gasteiger partial charge in [-0.25, -0.2) is 0 Å². The first kappa shape index (κ1) is 15.8. The largest absolute Gasteiger partial charge is 0.385 e. The first-order valence-corrected chi connectivity index (χ1v) is 7.81. The van der Waals surface area contributed by atoms with Gasteiger partial charge in [0, 0.05) is 32.5 Å². The lowest BCUT2D eigenvalue weighted by Gasteiger charge is -2.17. The number of carbonyl (C=O) groups is 1. The predicted octanol–water partition coefficient (Wildman–Crippen LogP) is 3.06. The zero-order valence-electron chi connectivity index (χ0n) is 13.1. The van der Waals surface area contributed by atoms with Crippen LogP contribution < -0.4 is 10.6 Å². The molecule has 0 atom stereocenters. The number of rotatable bonds is 9. The molecule has 4 heteroatoms. The summed E-state index contributed by atoms with van der Waals surface area (Å²) in [7, 11) is 1.73. The van der Waals surface area contributed by atoms with Gasteiger partial charge in [0.2, 0.25) is 0 Å². The third-order valence-electron chi connectivity index (χ3n) is 4.15. The average Bonchev–Trinajstić information content (AvgIpc) is 3.29. The van der Waals surface area contributed by atoms with Gasteiger partial charge in [-0.1, -0.05) is 19.1 Å². The van der Waals surface area contributed by atoms with E-state index in [1.54, 1.807) is 7.11 Å². The summed E-state index contributed by atoms with van der Waals surface area (Å²) < 4.78 is 5.15. The van der Waals surface area contributed by atoms with Crippen molar-refractivity contribution < 1.29 is 9.53 Å². The summed E-state index contributed by atoms with van der Waals surface area (Å²) in [5, 5.41) is 6.40. The summed E-state index contributed by atoms with van der Waals surface area (Å²) in [6.07, 6.45) is 4.44. The highest BCUT2D eigenvalue weighted by atomic mass is 16.5. The highest BCUT2D eigenvalue weighted by molar-refractivity contribution is 5.99. The second-order valence-corrected chi connectivity index (χ2v) is 5.90. The molecule has 2 rings (SSSR count). The van der Waals surface area contributed by atoms with E-state index in [-0.39, 0.29) is 11.3 Å². The van der Waals surface area contributed by atoms with Gasteiger partial charge in [-0.05, 0) is 43.2 Å². The number of nitrogens with one attached hydrogen (secondary N) is 2. The summed E-state index contributed by atoms with van der Waals surface area (Å²) in [5.41, 5.74) is 1.92. The SMILES string of the molecule is CCCNc1ccccc1C(=O)NCC1(CCOC)CC1. The predicted molar refractivity (Wildman–Crippen MR) is 85.7 cm³/mol. The van der Waals surface area contributed by atoms with Gasteiger partial charge in [0.15, 0.2) is 0 Å². The molecule has 1 aliphatic carbocycles. The Kier molecular flexibility index (Phi) is 5.62. The topological polar surface area (TPSA) is 50.4 Å². The number of ether oxygens (including phenoxy) is 1. The van der Waals surface area contributed by atoms with Crippen LogP contribution in [0.4, 0.5) is 5.69 Å². The van der Waals surface area contributed by atoms with Crippen molar-refractivity contribution in [2.24, 2.45) is 5.41 Å². The van der Waals surface area contributed by atoms with Crippen LogP contribution in [-0.2, 0) is 4.74 Å². The second-order valence-electron chi connectivity index (χ2n) is 5.90. The van der Waals surface area contributed by atoms with Crippen molar-refractivity contribution in [2.75, 3.05) is 32.1 Å². The molecule has 1 aromatic rings. The number of anilines is 1. The van der Waals surface area contributed by atoms with E-state index in [2.05, 4.69) is 17.6 Å². The van der Waals surface area contributed by atoms with Gasteiger partial charge in [-0.2, -0.15) is 0 Å². The lowest BCUT2D eigenvalue weighted by Crippen LogP contribution is -2.31. The van der Waals surface area contributed by atoms with Crippen molar-refractivity contribution in [3.05, 3.63) is 29.8 Å². The minimum atomic E-state index is 0.0119. The summed E-state index contributed by atoms with van der Waals surface area (Å²) in [4.78, 5) is 12.4. The highest BCUT2D eigenvalue weighted by Gasteiger charge is 2.42. The van der Waals surface area contributed by atoms with Crippen LogP contribution in [-0.4, -0.2) is 32.7 Å². The number of carbonyl (C=O) groups excluding carboxylic acids is 1. The Morgan fingerprint density at radius 3 is 2.76 bits per heavy atom. The molecule has 21 heavy (non-hydrogen) atoms. The summed E-state index contributed by atoms with van der Waals surface area (Å²) >= 11 is 0. The molecular weight excluding hydrogens is 264 g/mol. The smallest absolute Gasteiger partial charge is 0.253 e. The molecular formula is C17H26N2O2. The molecule has 0 bridgehead atoms. The Morgan fingerprint density at radius 1 is 1.33 bits per heavy atom. The third kappa shape index (κ3) is 4.46. The van der Waals surface area contributed by atoms with E-state index in [1.165, 1.54) is 12.8 Å². The average molecular weight is 290 g/mol. The van der Waals surface area contributed by atoms with E-state index in [0.29, 0.717) is 0 Å². The molecule has 2 N–H and O–H groups in total. The minimum absolute atomic E-state index is 0.0119. The first-order chi connectivity index (χ1) is 10.2. The lowest BCUT2D eigenvalue weighted by atomic mass is 10.0. The number of hydrogen-bond acceptors (Lipinski definition) is 3. The zero-order chi connectivity index (χ0) is 15.1. The van der Waals surface area contributed by atoms with Crippen LogP contribution >= 0.6 is 0 Å². The molecule has 1 fully saturated rings. The van der Waals surface area contributed by atoms with Crippen LogP contribution in [0.5, 0.6) is 0 Å². The summed E-state index contributed by atoms with van der Waals surface area (Å²) in [6.45, 7) is 4.51. The molecule has 1 amide bonds. The van der Waals surface area contributed by atoms with Crippen molar-refractivity contribution in [1.29, 1.82) is 0 Å². The second kappa shape index (κ2) is 7.46. The maximum Gasteiger partial charge on any atom is 0.253 e. The number of methoxy groups -OCH3 is 1. The third-order valence-corrected chi connectivity index (χ3v) is 4.15. The summed E-state index contributed by atoms with van der Waals surface area (Å²) in [6, 6.07) is 7.70. The molecule has 0 spiro atoms. The van der Waals surface area contributed by atoms with Crippen LogP contribution in [0.2, 0.25) is 0 Å². The van der Waals surface area contributed by atoms with Crippen molar-refractivity contribution in [2.45, 2.75) is 32.6 Å². The quantitative estimate of drug-likeness (QED) is 0.735. The molecule has 0 heterocycles. The van der Waals surface area contributed by atoms with Crippen LogP contribution in [0.25, 0.3) is 0 Å². The number of amides is 1.